The van der Waals surface area contributed by atoms with Gasteiger partial charge in [-0.05, 0) is 17.5 Å². The molecule has 0 spiro atoms. The predicted octanol–water partition coefficient (Wildman–Crippen LogP) is 5.76. The highest BCUT2D eigenvalue weighted by atomic mass is 35.5. The van der Waals surface area contributed by atoms with Crippen LogP contribution in [0.15, 0.2) is 23.6 Å². The van der Waals surface area contributed by atoms with Crippen LogP contribution in [0, 0.1) is 11.6 Å². The Morgan fingerprint density at radius 3 is 2.87 bits per heavy atom. The molecule has 9 heteroatoms. The molecule has 0 fully saturated rings. The van der Waals surface area contributed by atoms with Crippen LogP contribution in [0.5, 0.6) is 0 Å². The van der Waals surface area contributed by atoms with E-state index in [0.29, 0.717) is 14.6 Å². The van der Waals surface area contributed by atoms with Crippen LogP contribution in [0.3, 0.4) is 0 Å². The SMILES string of the molecule is O=C(Nc1nc2c(F)cc(F)cc2s1)c1sc2sccc2c1Cl. The van der Waals surface area contributed by atoms with Gasteiger partial charge in [0, 0.05) is 11.5 Å². The number of nitrogens with one attached hydrogen (secondary N) is 1. The minimum Gasteiger partial charge on any atom is -0.297 e. The van der Waals surface area contributed by atoms with Gasteiger partial charge in [0.2, 0.25) is 0 Å². The van der Waals surface area contributed by atoms with Crippen molar-refractivity contribution in [3.63, 3.8) is 0 Å². The molecule has 0 unspecified atom stereocenters. The maximum Gasteiger partial charge on any atom is 0.269 e. The molecule has 0 saturated heterocycles. The lowest BCUT2D eigenvalue weighted by Crippen LogP contribution is -2.10. The van der Waals surface area contributed by atoms with Crippen molar-refractivity contribution in [1.82, 2.24) is 4.98 Å². The van der Waals surface area contributed by atoms with Crippen LogP contribution in [-0.2, 0) is 0 Å². The van der Waals surface area contributed by atoms with Crippen LogP contribution < -0.4 is 5.32 Å². The van der Waals surface area contributed by atoms with Crippen molar-refractivity contribution in [3.05, 3.63) is 45.1 Å². The number of benzene rings is 1. The van der Waals surface area contributed by atoms with E-state index in [-0.39, 0.29) is 10.6 Å². The van der Waals surface area contributed by atoms with Gasteiger partial charge in [-0.15, -0.1) is 22.7 Å². The first-order chi connectivity index (χ1) is 11.0. The first-order valence-electron chi connectivity index (χ1n) is 6.25. The molecule has 3 heterocycles. The van der Waals surface area contributed by atoms with Gasteiger partial charge in [-0.1, -0.05) is 22.9 Å². The summed E-state index contributed by atoms with van der Waals surface area (Å²) in [6.07, 6.45) is 0. The lowest BCUT2D eigenvalue weighted by Gasteiger charge is -1.98. The van der Waals surface area contributed by atoms with E-state index < -0.39 is 17.5 Å². The van der Waals surface area contributed by atoms with E-state index in [9.17, 15) is 13.6 Å². The molecule has 1 aromatic carbocycles. The summed E-state index contributed by atoms with van der Waals surface area (Å²) in [5, 5.41) is 5.92. The van der Waals surface area contributed by atoms with E-state index in [0.717, 1.165) is 26.8 Å². The Balaban J connectivity index is 1.69. The fraction of sp³-hybridized carbons (Fsp3) is 0. The maximum absolute atomic E-state index is 13.7. The van der Waals surface area contributed by atoms with E-state index in [1.54, 1.807) is 0 Å². The van der Waals surface area contributed by atoms with Crippen LogP contribution in [0.1, 0.15) is 9.67 Å². The van der Waals surface area contributed by atoms with Crippen molar-refractivity contribution in [2.45, 2.75) is 0 Å². The number of fused-ring (bicyclic) bond motifs is 2. The molecular formula is C14H5ClF2N2OS3. The number of thiazole rings is 1. The summed E-state index contributed by atoms with van der Waals surface area (Å²) in [6.45, 7) is 0. The monoisotopic (exact) mass is 386 g/mol. The van der Waals surface area contributed by atoms with Gasteiger partial charge in [0.05, 0.1) is 13.7 Å². The Kier molecular flexibility index (Phi) is 3.56. The van der Waals surface area contributed by atoms with Crippen LogP contribution in [0.4, 0.5) is 13.9 Å². The lowest BCUT2D eigenvalue weighted by atomic mass is 10.3. The predicted molar refractivity (Wildman–Crippen MR) is 92.2 cm³/mol. The van der Waals surface area contributed by atoms with E-state index in [1.165, 1.54) is 28.7 Å². The average Bonchev–Trinajstić information content (AvgIpc) is 3.15. The number of thiophene rings is 2. The van der Waals surface area contributed by atoms with Crippen LogP contribution in [-0.4, -0.2) is 10.9 Å². The molecule has 0 aliphatic rings. The molecule has 0 radical (unpaired) electrons. The quantitative estimate of drug-likeness (QED) is 0.476. The maximum atomic E-state index is 13.7. The van der Waals surface area contributed by atoms with Crippen molar-refractivity contribution in [2.75, 3.05) is 5.32 Å². The normalized spacial score (nSPS) is 11.4. The highest BCUT2D eigenvalue weighted by Gasteiger charge is 2.19. The molecule has 23 heavy (non-hydrogen) atoms. The van der Waals surface area contributed by atoms with Crippen molar-refractivity contribution in [3.8, 4) is 0 Å². The van der Waals surface area contributed by atoms with Crippen molar-refractivity contribution >= 4 is 76.3 Å². The third-order valence-corrected chi connectivity index (χ3v) is 6.77. The number of carbonyl (C=O) groups is 1. The molecule has 0 aliphatic heterocycles. The topological polar surface area (TPSA) is 42.0 Å². The van der Waals surface area contributed by atoms with Gasteiger partial charge < -0.3 is 0 Å². The van der Waals surface area contributed by atoms with Crippen LogP contribution in [0.25, 0.3) is 19.6 Å². The summed E-state index contributed by atoms with van der Waals surface area (Å²) in [7, 11) is 0. The average molecular weight is 387 g/mol. The van der Waals surface area contributed by atoms with Gasteiger partial charge in [-0.2, -0.15) is 0 Å². The summed E-state index contributed by atoms with van der Waals surface area (Å²) in [5.41, 5.74) is 0.0324. The molecule has 0 saturated carbocycles. The molecular weight excluding hydrogens is 382 g/mol. The van der Waals surface area contributed by atoms with Gasteiger partial charge in [0.25, 0.3) is 5.91 Å². The molecule has 4 aromatic rings. The minimum atomic E-state index is -0.758. The molecule has 3 nitrogen and oxygen atoms in total. The second kappa shape index (κ2) is 5.48. The fourth-order valence-corrected chi connectivity index (χ4v) is 5.52. The number of hydrogen-bond donors (Lipinski definition) is 1. The molecule has 116 valence electrons. The van der Waals surface area contributed by atoms with E-state index in [4.69, 9.17) is 11.6 Å². The first kappa shape index (κ1) is 14.9. The molecule has 1 N–H and O–H groups in total. The smallest absolute Gasteiger partial charge is 0.269 e. The summed E-state index contributed by atoms with van der Waals surface area (Å²) in [6, 6.07) is 3.79. The number of amides is 1. The zero-order chi connectivity index (χ0) is 16.1. The highest BCUT2D eigenvalue weighted by molar-refractivity contribution is 7.38. The van der Waals surface area contributed by atoms with Gasteiger partial charge >= 0.3 is 0 Å². The molecule has 3 aromatic heterocycles. The molecule has 0 atom stereocenters. The Morgan fingerprint density at radius 1 is 1.26 bits per heavy atom. The van der Waals surface area contributed by atoms with Gasteiger partial charge in [-0.25, -0.2) is 13.8 Å². The standard InChI is InChI=1S/C14H5ClF2N2OS3/c15-9-6-1-2-21-13(6)23-11(9)12(20)19-14-18-10-7(17)3-5(16)4-8(10)22-14/h1-4H,(H,18,19,20). The Bertz CT molecular complexity index is 1070. The number of hydrogen-bond acceptors (Lipinski definition) is 5. The fourth-order valence-electron chi connectivity index (χ4n) is 2.11. The number of nitrogens with zero attached hydrogens (tertiary/aromatic N) is 1. The third kappa shape index (κ3) is 2.51. The van der Waals surface area contributed by atoms with Gasteiger partial charge in [-0.3, -0.25) is 10.1 Å². The molecule has 1 amide bonds. The van der Waals surface area contributed by atoms with E-state index >= 15 is 0 Å². The van der Waals surface area contributed by atoms with Crippen molar-refractivity contribution in [2.24, 2.45) is 0 Å². The molecule has 0 bridgehead atoms. The summed E-state index contributed by atoms with van der Waals surface area (Å²) in [4.78, 5) is 16.7. The van der Waals surface area contributed by atoms with Gasteiger partial charge in [0.1, 0.15) is 16.2 Å². The Hall–Kier alpha value is -1.61. The zero-order valence-corrected chi connectivity index (χ0v) is 14.2. The number of aromatic nitrogens is 1. The zero-order valence-electron chi connectivity index (χ0n) is 11.0. The van der Waals surface area contributed by atoms with Crippen molar-refractivity contribution in [1.29, 1.82) is 0 Å². The highest BCUT2D eigenvalue weighted by Crippen LogP contribution is 2.39. The number of halogens is 3. The minimum absolute atomic E-state index is 0.0324. The number of carbonyl (C=O) groups excluding carboxylic acids is 1. The molecule has 4 rings (SSSR count). The summed E-state index contributed by atoms with van der Waals surface area (Å²) in [5.74, 6) is -1.85. The molecule has 0 aliphatic carbocycles. The lowest BCUT2D eigenvalue weighted by molar-refractivity contribution is 0.103. The first-order valence-corrected chi connectivity index (χ1v) is 9.14. The number of anilines is 1. The van der Waals surface area contributed by atoms with Gasteiger partial charge in [0.15, 0.2) is 10.9 Å². The van der Waals surface area contributed by atoms with Crippen molar-refractivity contribution < 1.29 is 13.6 Å². The van der Waals surface area contributed by atoms with E-state index in [1.807, 2.05) is 11.4 Å². The Morgan fingerprint density at radius 2 is 2.09 bits per heavy atom. The Labute approximate surface area is 145 Å². The largest absolute Gasteiger partial charge is 0.297 e. The number of rotatable bonds is 2. The summed E-state index contributed by atoms with van der Waals surface area (Å²) >= 11 is 10.0. The third-order valence-electron chi connectivity index (χ3n) is 3.10. The van der Waals surface area contributed by atoms with E-state index in [2.05, 4.69) is 10.3 Å². The summed E-state index contributed by atoms with van der Waals surface area (Å²) < 4.78 is 28.1. The van der Waals surface area contributed by atoms with Crippen LogP contribution in [0.2, 0.25) is 5.02 Å². The second-order valence-electron chi connectivity index (χ2n) is 4.57. The second-order valence-corrected chi connectivity index (χ2v) is 8.18. The van der Waals surface area contributed by atoms with Crippen LogP contribution >= 0.6 is 45.6 Å².